The van der Waals surface area contributed by atoms with Gasteiger partial charge < -0.3 is 9.32 Å². The highest BCUT2D eigenvalue weighted by atomic mass is 35.5. The maximum absolute atomic E-state index is 12.6. The lowest BCUT2D eigenvalue weighted by Crippen LogP contribution is -2.32. The second-order valence-corrected chi connectivity index (χ2v) is 6.76. The molecule has 0 saturated heterocycles. The molecule has 2 aromatic carbocycles. The van der Waals surface area contributed by atoms with Gasteiger partial charge in [0.05, 0.1) is 17.1 Å². The number of furan rings is 1. The number of amides is 1. The van der Waals surface area contributed by atoms with E-state index in [-0.39, 0.29) is 12.6 Å². The third kappa shape index (κ3) is 3.29. The molecule has 0 unspecified atom stereocenters. The molecule has 3 aromatic rings. The third-order valence-corrected chi connectivity index (χ3v) is 4.43. The molecule has 7 heteroatoms. The minimum Gasteiger partial charge on any atom is -0.456 e. The average Bonchev–Trinajstić information content (AvgIpc) is 2.99. The van der Waals surface area contributed by atoms with E-state index >= 15 is 0 Å². The van der Waals surface area contributed by atoms with Crippen molar-refractivity contribution in [1.82, 2.24) is 10.4 Å². The van der Waals surface area contributed by atoms with Crippen molar-refractivity contribution in [2.75, 3.05) is 13.3 Å². The second-order valence-electron chi connectivity index (χ2n) is 5.83. The van der Waals surface area contributed by atoms with Gasteiger partial charge in [-0.25, -0.2) is 5.48 Å². The number of benzene rings is 2. The molecule has 2 heterocycles. The van der Waals surface area contributed by atoms with E-state index in [0.29, 0.717) is 27.8 Å². The van der Waals surface area contributed by atoms with Crippen molar-refractivity contribution < 1.29 is 14.0 Å². The Hall–Kier alpha value is -2.47. The van der Waals surface area contributed by atoms with Crippen LogP contribution in [-0.4, -0.2) is 24.1 Å². The van der Waals surface area contributed by atoms with Gasteiger partial charge in [-0.2, -0.15) is 0 Å². The minimum atomic E-state index is -0.351. The molecule has 0 saturated carbocycles. The molecular weight excluding hydrogens is 375 g/mol. The molecule has 26 heavy (non-hydrogen) atoms. The molecular formula is C19H14Cl2N2O3. The second kappa shape index (κ2) is 7.03. The number of para-hydroxylation sites is 1. The molecule has 0 atom stereocenters. The predicted octanol–water partition coefficient (Wildman–Crippen LogP) is 4.72. The molecule has 1 N–H and O–H groups in total. The Bertz CT molecular complexity index is 1060. The van der Waals surface area contributed by atoms with Crippen LogP contribution in [0.2, 0.25) is 0 Å². The number of rotatable bonds is 4. The van der Waals surface area contributed by atoms with Crippen molar-refractivity contribution >= 4 is 51.0 Å². The molecule has 132 valence electrons. The minimum absolute atomic E-state index is 0.119. The number of carbonyl (C=O) groups excluding carboxylic acids is 1. The smallest absolute Gasteiger partial charge is 0.275 e. The first kappa shape index (κ1) is 17.0. The summed E-state index contributed by atoms with van der Waals surface area (Å²) in [4.78, 5) is 19.7. The molecule has 0 aliphatic carbocycles. The molecule has 0 fully saturated rings. The monoisotopic (exact) mass is 388 g/mol. The van der Waals surface area contributed by atoms with E-state index in [1.165, 1.54) is 0 Å². The maximum atomic E-state index is 12.6. The average molecular weight is 389 g/mol. The van der Waals surface area contributed by atoms with Crippen LogP contribution >= 0.6 is 23.2 Å². The first-order chi connectivity index (χ1) is 12.6. The summed E-state index contributed by atoms with van der Waals surface area (Å²) in [5.74, 6) is -0.351. The summed E-state index contributed by atoms with van der Waals surface area (Å²) >= 11 is 12.0. The van der Waals surface area contributed by atoms with Crippen LogP contribution in [0.4, 0.5) is 0 Å². The van der Waals surface area contributed by atoms with Gasteiger partial charge in [0.15, 0.2) is 0 Å². The molecule has 0 radical (unpaired) electrons. The predicted molar refractivity (Wildman–Crippen MR) is 102 cm³/mol. The lowest BCUT2D eigenvalue weighted by atomic mass is 10.1. The Morgan fingerprint density at radius 3 is 2.81 bits per heavy atom. The molecule has 1 aliphatic heterocycles. The summed E-state index contributed by atoms with van der Waals surface area (Å²) in [6, 6.07) is 12.9. The van der Waals surface area contributed by atoms with E-state index in [1.54, 1.807) is 29.3 Å². The number of allylic oxidation sites excluding steroid dienone is 2. The van der Waals surface area contributed by atoms with Crippen LogP contribution in [-0.2, 0) is 4.84 Å². The largest absolute Gasteiger partial charge is 0.456 e. The fraction of sp³-hybridized carbons (Fsp3) is 0.105. The summed E-state index contributed by atoms with van der Waals surface area (Å²) in [5, 5.41) is 2.75. The van der Waals surface area contributed by atoms with Crippen LogP contribution in [0.15, 0.2) is 69.2 Å². The summed E-state index contributed by atoms with van der Waals surface area (Å²) in [6.07, 6.45) is 3.37. The topological polar surface area (TPSA) is 54.7 Å². The van der Waals surface area contributed by atoms with Gasteiger partial charge in [0.1, 0.15) is 17.9 Å². The van der Waals surface area contributed by atoms with Crippen LogP contribution in [0.25, 0.3) is 21.9 Å². The Labute approximate surface area is 159 Å². The first-order valence-electron chi connectivity index (χ1n) is 7.91. The standard InChI is InChI=1S/C19H14Cl2N2O3/c20-12-8-13(21)10-23(9-12)11-25-22-19(24)15-5-3-7-17-18(15)14-4-1-2-6-16(14)26-17/h1-9H,10-11H2,(H,22,24). The number of nitrogens with one attached hydrogen (secondary N) is 1. The Morgan fingerprint density at radius 2 is 1.96 bits per heavy atom. The van der Waals surface area contributed by atoms with Crippen molar-refractivity contribution in [3.8, 4) is 0 Å². The molecule has 0 bridgehead atoms. The number of hydrogen-bond donors (Lipinski definition) is 1. The Kier molecular flexibility index (Phi) is 4.59. The summed E-state index contributed by atoms with van der Waals surface area (Å²) in [5.41, 5.74) is 4.34. The van der Waals surface area contributed by atoms with Crippen molar-refractivity contribution in [1.29, 1.82) is 0 Å². The highest BCUT2D eigenvalue weighted by Crippen LogP contribution is 2.31. The number of nitrogens with zero attached hydrogens (tertiary/aromatic N) is 1. The van der Waals surface area contributed by atoms with Crippen LogP contribution in [0.5, 0.6) is 0 Å². The van der Waals surface area contributed by atoms with Gasteiger partial charge in [0, 0.05) is 22.0 Å². The lowest BCUT2D eigenvalue weighted by Gasteiger charge is -2.22. The Morgan fingerprint density at radius 1 is 1.15 bits per heavy atom. The SMILES string of the molecule is O=C(NOCN1C=C(Cl)C=C(Cl)C1)c1cccc2oc3ccccc3c12. The van der Waals surface area contributed by atoms with E-state index in [4.69, 9.17) is 32.5 Å². The van der Waals surface area contributed by atoms with Gasteiger partial charge >= 0.3 is 0 Å². The number of hydrogen-bond acceptors (Lipinski definition) is 4. The van der Waals surface area contributed by atoms with Crippen LogP contribution in [0.3, 0.4) is 0 Å². The summed E-state index contributed by atoms with van der Waals surface area (Å²) < 4.78 is 5.79. The van der Waals surface area contributed by atoms with Crippen molar-refractivity contribution in [3.63, 3.8) is 0 Å². The zero-order valence-electron chi connectivity index (χ0n) is 13.5. The van der Waals surface area contributed by atoms with Gasteiger partial charge in [-0.1, -0.05) is 47.5 Å². The van der Waals surface area contributed by atoms with Gasteiger partial charge in [-0.15, -0.1) is 0 Å². The maximum Gasteiger partial charge on any atom is 0.275 e. The highest BCUT2D eigenvalue weighted by Gasteiger charge is 2.16. The van der Waals surface area contributed by atoms with E-state index in [2.05, 4.69) is 5.48 Å². The third-order valence-electron chi connectivity index (χ3n) is 4.00. The molecule has 1 aliphatic rings. The Balaban J connectivity index is 1.51. The first-order valence-corrected chi connectivity index (χ1v) is 8.67. The van der Waals surface area contributed by atoms with E-state index in [9.17, 15) is 4.79 Å². The molecule has 4 rings (SSSR count). The number of halogens is 2. The van der Waals surface area contributed by atoms with Crippen LogP contribution < -0.4 is 5.48 Å². The van der Waals surface area contributed by atoms with E-state index in [1.807, 2.05) is 30.3 Å². The normalized spacial score (nSPS) is 14.5. The lowest BCUT2D eigenvalue weighted by molar-refractivity contribution is -0.00704. The fourth-order valence-corrected chi connectivity index (χ4v) is 3.53. The van der Waals surface area contributed by atoms with Gasteiger partial charge in [-0.3, -0.25) is 9.63 Å². The van der Waals surface area contributed by atoms with E-state index < -0.39 is 0 Å². The highest BCUT2D eigenvalue weighted by molar-refractivity contribution is 6.35. The van der Waals surface area contributed by atoms with Gasteiger partial charge in [-0.05, 0) is 24.3 Å². The number of carbonyl (C=O) groups is 1. The van der Waals surface area contributed by atoms with E-state index in [0.717, 1.165) is 16.4 Å². The van der Waals surface area contributed by atoms with Crippen molar-refractivity contribution in [2.45, 2.75) is 0 Å². The zero-order chi connectivity index (χ0) is 18.1. The van der Waals surface area contributed by atoms with Crippen LogP contribution in [0, 0.1) is 0 Å². The molecule has 1 amide bonds. The van der Waals surface area contributed by atoms with Crippen LogP contribution in [0.1, 0.15) is 10.4 Å². The van der Waals surface area contributed by atoms with Crippen molar-refractivity contribution in [2.24, 2.45) is 0 Å². The fourth-order valence-electron chi connectivity index (χ4n) is 2.93. The summed E-state index contributed by atoms with van der Waals surface area (Å²) in [7, 11) is 0. The number of fused-ring (bicyclic) bond motifs is 3. The van der Waals surface area contributed by atoms with Gasteiger partial charge in [0.2, 0.25) is 0 Å². The quantitative estimate of drug-likeness (QED) is 0.656. The molecule has 5 nitrogen and oxygen atoms in total. The molecule has 0 spiro atoms. The number of hydroxylamine groups is 1. The van der Waals surface area contributed by atoms with Gasteiger partial charge in [0.25, 0.3) is 5.91 Å². The zero-order valence-corrected chi connectivity index (χ0v) is 15.1. The van der Waals surface area contributed by atoms with Crippen molar-refractivity contribution in [3.05, 3.63) is 70.4 Å². The molecule has 1 aromatic heterocycles. The summed E-state index contributed by atoms with van der Waals surface area (Å²) in [6.45, 7) is 0.587.